The number of rotatable bonds is 4. The number of furan rings is 1. The van der Waals surface area contributed by atoms with Gasteiger partial charge in [-0.25, -0.2) is 9.78 Å². The minimum Gasteiger partial charge on any atom is -0.457 e. The number of nitrogens with zero attached hydrogens (tertiary/aromatic N) is 2. The number of thiazole rings is 1. The van der Waals surface area contributed by atoms with E-state index in [1.54, 1.807) is 53.9 Å². The fourth-order valence-corrected chi connectivity index (χ4v) is 5.52. The van der Waals surface area contributed by atoms with Crippen LogP contribution in [0.1, 0.15) is 10.8 Å². The van der Waals surface area contributed by atoms with Crippen molar-refractivity contribution in [1.29, 1.82) is 5.26 Å². The lowest BCUT2D eigenvalue weighted by atomic mass is 10.0. The van der Waals surface area contributed by atoms with Crippen molar-refractivity contribution in [3.8, 4) is 28.7 Å². The maximum atomic E-state index is 12.8. The van der Waals surface area contributed by atoms with Crippen molar-refractivity contribution in [2.24, 2.45) is 0 Å². The maximum absolute atomic E-state index is 12.8. The quantitative estimate of drug-likeness (QED) is 0.127. The molecule has 0 N–H and O–H groups in total. The highest BCUT2D eigenvalue weighted by atomic mass is 35.5. The summed E-state index contributed by atoms with van der Waals surface area (Å²) in [6.45, 7) is 0. The number of fused-ring (bicyclic) bond motifs is 3. The van der Waals surface area contributed by atoms with Crippen LogP contribution in [0.5, 0.6) is 0 Å². The van der Waals surface area contributed by atoms with Gasteiger partial charge in [0.2, 0.25) is 0 Å². The third kappa shape index (κ3) is 4.24. The molecule has 0 fully saturated rings. The molecule has 0 aliphatic heterocycles. The Morgan fingerprint density at radius 1 is 0.946 bits per heavy atom. The Morgan fingerprint density at radius 2 is 1.76 bits per heavy atom. The standard InChI is InChI=1S/C29H14Cl2N2O3S/c30-22-6-3-7-23(31)27(22)26-11-9-18(35-26)12-17(14-32)28-33-24(15-37-28)21-13-20-19-5-2-1-4-16(19)8-10-25(20)36-29(21)34/h1-13,15H/b17-12+. The lowest BCUT2D eigenvalue weighted by Gasteiger charge is -2.04. The fraction of sp³-hybridized carbons (Fsp3) is 0. The molecular weight excluding hydrogens is 527 g/mol. The molecule has 0 radical (unpaired) electrons. The minimum atomic E-state index is -0.491. The molecule has 6 aromatic rings. The number of hydrogen-bond donors (Lipinski definition) is 0. The smallest absolute Gasteiger partial charge is 0.345 e. The van der Waals surface area contributed by atoms with Crippen LogP contribution in [0.15, 0.2) is 91.8 Å². The third-order valence-corrected chi connectivity index (χ3v) is 7.40. The molecule has 0 bridgehead atoms. The molecule has 0 aliphatic carbocycles. The second-order valence-electron chi connectivity index (χ2n) is 8.15. The molecule has 3 aromatic heterocycles. The topological polar surface area (TPSA) is 80.0 Å². The van der Waals surface area contributed by atoms with Gasteiger partial charge in [-0.1, -0.05) is 59.6 Å². The zero-order valence-corrected chi connectivity index (χ0v) is 21.2. The van der Waals surface area contributed by atoms with Crippen LogP contribution >= 0.6 is 34.5 Å². The van der Waals surface area contributed by atoms with Gasteiger partial charge in [0.05, 0.1) is 32.4 Å². The number of halogens is 2. The number of hydrogen-bond acceptors (Lipinski definition) is 6. The summed E-state index contributed by atoms with van der Waals surface area (Å²) in [5.74, 6) is 0.927. The molecule has 6 rings (SSSR count). The first kappa shape index (κ1) is 23.3. The number of benzene rings is 3. The molecule has 37 heavy (non-hydrogen) atoms. The van der Waals surface area contributed by atoms with Crippen LogP contribution in [-0.4, -0.2) is 4.98 Å². The number of nitriles is 1. The highest BCUT2D eigenvalue weighted by Gasteiger charge is 2.16. The van der Waals surface area contributed by atoms with Crippen LogP contribution in [-0.2, 0) is 0 Å². The van der Waals surface area contributed by atoms with Crippen molar-refractivity contribution < 1.29 is 8.83 Å². The summed E-state index contributed by atoms with van der Waals surface area (Å²) in [5, 5.41) is 15.8. The summed E-state index contributed by atoms with van der Waals surface area (Å²) in [7, 11) is 0. The van der Waals surface area contributed by atoms with Gasteiger partial charge in [-0.05, 0) is 47.2 Å². The van der Waals surface area contributed by atoms with E-state index >= 15 is 0 Å². The largest absolute Gasteiger partial charge is 0.457 e. The average Bonchev–Trinajstić information content (AvgIpc) is 3.57. The van der Waals surface area contributed by atoms with Crippen molar-refractivity contribution in [3.63, 3.8) is 0 Å². The highest BCUT2D eigenvalue weighted by molar-refractivity contribution is 7.11. The Kier molecular flexibility index (Phi) is 5.90. The first-order chi connectivity index (χ1) is 18.0. The van der Waals surface area contributed by atoms with Crippen molar-refractivity contribution in [3.05, 3.63) is 109 Å². The second kappa shape index (κ2) is 9.38. The summed E-state index contributed by atoms with van der Waals surface area (Å²) < 4.78 is 11.5. The van der Waals surface area contributed by atoms with Gasteiger partial charge in [0.1, 0.15) is 28.2 Å². The molecule has 0 aliphatic rings. The summed E-state index contributed by atoms with van der Waals surface area (Å²) in [6.07, 6.45) is 1.59. The predicted molar refractivity (Wildman–Crippen MR) is 149 cm³/mol. The monoisotopic (exact) mass is 540 g/mol. The molecule has 5 nitrogen and oxygen atoms in total. The van der Waals surface area contributed by atoms with E-state index in [0.29, 0.717) is 49.0 Å². The Labute approximate surface area is 224 Å². The van der Waals surface area contributed by atoms with E-state index in [1.807, 2.05) is 30.3 Å². The SMILES string of the molecule is N#C/C(=C\c1ccc(-c2c(Cl)cccc2Cl)o1)c1nc(-c2cc3c(ccc4ccccc43)oc2=O)cs1. The van der Waals surface area contributed by atoms with Crippen LogP contribution in [0.4, 0.5) is 0 Å². The van der Waals surface area contributed by atoms with Gasteiger partial charge in [0, 0.05) is 16.8 Å². The average molecular weight is 541 g/mol. The fourth-order valence-electron chi connectivity index (χ4n) is 4.15. The Bertz CT molecular complexity index is 1940. The first-order valence-corrected chi connectivity index (χ1v) is 12.7. The molecule has 0 amide bonds. The summed E-state index contributed by atoms with van der Waals surface area (Å²) in [6, 6.07) is 24.2. The first-order valence-electron chi connectivity index (χ1n) is 11.1. The van der Waals surface area contributed by atoms with Crippen LogP contribution in [0.2, 0.25) is 10.0 Å². The van der Waals surface area contributed by atoms with E-state index < -0.39 is 5.63 Å². The molecule has 3 aromatic carbocycles. The third-order valence-electron chi connectivity index (χ3n) is 5.90. The predicted octanol–water partition coefficient (Wildman–Crippen LogP) is 8.70. The van der Waals surface area contributed by atoms with Gasteiger partial charge in [-0.2, -0.15) is 5.26 Å². The highest BCUT2D eigenvalue weighted by Crippen LogP contribution is 2.36. The molecular formula is C29H14Cl2N2O3S. The van der Waals surface area contributed by atoms with Crippen LogP contribution in [0.3, 0.4) is 0 Å². The number of allylic oxidation sites excluding steroid dienone is 1. The lowest BCUT2D eigenvalue weighted by molar-refractivity contribution is 0.563. The van der Waals surface area contributed by atoms with E-state index in [9.17, 15) is 10.1 Å². The van der Waals surface area contributed by atoms with Crippen molar-refractivity contribution in [1.82, 2.24) is 4.98 Å². The van der Waals surface area contributed by atoms with E-state index in [2.05, 4.69) is 11.1 Å². The minimum absolute atomic E-state index is 0.290. The summed E-state index contributed by atoms with van der Waals surface area (Å²) >= 11 is 13.8. The molecule has 0 spiro atoms. The van der Waals surface area contributed by atoms with Crippen LogP contribution in [0.25, 0.3) is 56.0 Å². The van der Waals surface area contributed by atoms with Gasteiger partial charge < -0.3 is 8.83 Å². The molecule has 3 heterocycles. The van der Waals surface area contributed by atoms with E-state index in [4.69, 9.17) is 32.0 Å². The Balaban J connectivity index is 1.38. The van der Waals surface area contributed by atoms with Crippen molar-refractivity contribution in [2.45, 2.75) is 0 Å². The van der Waals surface area contributed by atoms with E-state index in [1.165, 1.54) is 11.3 Å². The lowest BCUT2D eigenvalue weighted by Crippen LogP contribution is -2.03. The van der Waals surface area contributed by atoms with Crippen LogP contribution < -0.4 is 5.63 Å². The van der Waals surface area contributed by atoms with Gasteiger partial charge in [-0.15, -0.1) is 11.3 Å². The van der Waals surface area contributed by atoms with Crippen molar-refractivity contribution >= 4 is 67.9 Å². The molecule has 178 valence electrons. The Morgan fingerprint density at radius 3 is 2.57 bits per heavy atom. The van der Waals surface area contributed by atoms with Gasteiger partial charge >= 0.3 is 5.63 Å². The normalized spacial score (nSPS) is 11.8. The zero-order chi connectivity index (χ0) is 25.5. The molecule has 0 saturated carbocycles. The van der Waals surface area contributed by atoms with Gasteiger partial charge in [0.15, 0.2) is 0 Å². The van der Waals surface area contributed by atoms with Crippen LogP contribution in [0, 0.1) is 11.3 Å². The Hall–Kier alpha value is -4.15. The molecule has 0 saturated heterocycles. The second-order valence-corrected chi connectivity index (χ2v) is 9.82. The molecule has 0 atom stereocenters. The van der Waals surface area contributed by atoms with Gasteiger partial charge in [-0.3, -0.25) is 0 Å². The molecule has 8 heteroatoms. The summed E-state index contributed by atoms with van der Waals surface area (Å²) in [4.78, 5) is 17.4. The van der Waals surface area contributed by atoms with Gasteiger partial charge in [0.25, 0.3) is 0 Å². The van der Waals surface area contributed by atoms with Crippen molar-refractivity contribution in [2.75, 3.05) is 0 Å². The number of aromatic nitrogens is 1. The van der Waals surface area contributed by atoms with E-state index in [-0.39, 0.29) is 5.57 Å². The van der Waals surface area contributed by atoms with E-state index in [0.717, 1.165) is 16.2 Å². The maximum Gasteiger partial charge on any atom is 0.345 e. The molecule has 0 unspecified atom stereocenters. The zero-order valence-electron chi connectivity index (χ0n) is 18.9. The summed E-state index contributed by atoms with van der Waals surface area (Å²) in [5.41, 5.74) is 1.65.